The fraction of sp³-hybridized carbons (Fsp3) is 0.0588. The Kier molecular flexibility index (Phi) is 3.43. The van der Waals surface area contributed by atoms with Crippen molar-refractivity contribution >= 4 is 23.0 Å². The van der Waals surface area contributed by atoms with Crippen molar-refractivity contribution in [1.29, 1.82) is 0 Å². The third-order valence-electron chi connectivity index (χ3n) is 3.29. The van der Waals surface area contributed by atoms with E-state index in [9.17, 15) is 13.6 Å². The van der Waals surface area contributed by atoms with Gasteiger partial charge >= 0.3 is 0 Å². The van der Waals surface area contributed by atoms with E-state index >= 15 is 0 Å². The molecule has 0 fully saturated rings. The van der Waals surface area contributed by atoms with E-state index in [-0.39, 0.29) is 17.9 Å². The maximum Gasteiger partial charge on any atom is 0.278 e. The number of hydrogen-bond acceptors (Lipinski definition) is 2. The summed E-state index contributed by atoms with van der Waals surface area (Å²) in [5.74, 6) is 0.484. The number of terminal acetylenes is 1. The highest BCUT2D eigenvalue weighted by Gasteiger charge is 2.33. The first-order chi connectivity index (χ1) is 10.6. The fourth-order valence-corrected chi connectivity index (χ4v) is 2.31. The molecule has 3 nitrogen and oxygen atoms in total. The van der Waals surface area contributed by atoms with E-state index in [4.69, 9.17) is 6.42 Å². The van der Waals surface area contributed by atoms with Gasteiger partial charge in [-0.05, 0) is 18.2 Å². The number of nitrogens with zero attached hydrogens (tertiary/aromatic N) is 2. The van der Waals surface area contributed by atoms with Crippen LogP contribution in [0.2, 0.25) is 0 Å². The number of para-hydroxylation sites is 1. The molecule has 0 aliphatic carbocycles. The predicted octanol–water partition coefficient (Wildman–Crippen LogP) is 3.07. The lowest BCUT2D eigenvalue weighted by Crippen LogP contribution is -2.30. The van der Waals surface area contributed by atoms with Gasteiger partial charge in [0, 0.05) is 11.6 Å². The highest BCUT2D eigenvalue weighted by atomic mass is 19.1. The first-order valence-electron chi connectivity index (χ1n) is 6.50. The monoisotopic (exact) mass is 296 g/mol. The van der Waals surface area contributed by atoms with Gasteiger partial charge in [0.05, 0.1) is 17.9 Å². The van der Waals surface area contributed by atoms with Crippen molar-refractivity contribution in [3.63, 3.8) is 0 Å². The van der Waals surface area contributed by atoms with Gasteiger partial charge in [-0.15, -0.1) is 6.42 Å². The number of benzene rings is 2. The Labute approximate surface area is 125 Å². The number of carbonyl (C=O) groups is 1. The molecule has 0 bridgehead atoms. The molecule has 2 aromatic carbocycles. The van der Waals surface area contributed by atoms with Gasteiger partial charge in [0.15, 0.2) is 5.82 Å². The summed E-state index contributed by atoms with van der Waals surface area (Å²) in [6, 6.07) is 9.99. The summed E-state index contributed by atoms with van der Waals surface area (Å²) in [7, 11) is 0. The van der Waals surface area contributed by atoms with Crippen LogP contribution in [-0.2, 0) is 4.79 Å². The molecule has 3 rings (SSSR count). The minimum absolute atomic E-state index is 0.0939. The van der Waals surface area contributed by atoms with Crippen molar-refractivity contribution < 1.29 is 13.6 Å². The van der Waals surface area contributed by atoms with Gasteiger partial charge in [-0.25, -0.2) is 13.8 Å². The van der Waals surface area contributed by atoms with Crippen LogP contribution in [0.5, 0.6) is 0 Å². The van der Waals surface area contributed by atoms with Gasteiger partial charge in [0.25, 0.3) is 5.91 Å². The average molecular weight is 296 g/mol. The minimum atomic E-state index is -0.826. The molecule has 1 aliphatic rings. The van der Waals surface area contributed by atoms with Crippen LogP contribution in [0, 0.1) is 24.0 Å². The lowest BCUT2D eigenvalue weighted by molar-refractivity contribution is -0.112. The van der Waals surface area contributed by atoms with E-state index in [1.807, 2.05) is 0 Å². The number of halogens is 2. The van der Waals surface area contributed by atoms with Crippen LogP contribution in [0.4, 0.5) is 20.2 Å². The van der Waals surface area contributed by atoms with E-state index in [2.05, 4.69) is 10.9 Å². The summed E-state index contributed by atoms with van der Waals surface area (Å²) in [6.45, 7) is 0.0980. The number of rotatable bonds is 2. The van der Waals surface area contributed by atoms with Crippen LogP contribution in [0.3, 0.4) is 0 Å². The van der Waals surface area contributed by atoms with Gasteiger partial charge in [0.2, 0.25) is 0 Å². The summed E-state index contributed by atoms with van der Waals surface area (Å²) in [6.07, 6.45) is 5.28. The van der Waals surface area contributed by atoms with Gasteiger partial charge in [-0.2, -0.15) is 0 Å². The Morgan fingerprint density at radius 2 is 1.95 bits per heavy atom. The standard InChI is InChI=1S/C17H10F2N2O/c1-2-9-21-15-6-4-3-5-12(15)16(17(21)22)20-14-8-7-11(18)10-13(14)19/h1,3-8,10H,9H2. The predicted molar refractivity (Wildman–Crippen MR) is 80.2 cm³/mol. The quantitative estimate of drug-likeness (QED) is 0.784. The molecule has 0 N–H and O–H groups in total. The molecular formula is C17H10F2N2O. The Morgan fingerprint density at radius 3 is 2.68 bits per heavy atom. The minimum Gasteiger partial charge on any atom is -0.295 e. The Morgan fingerprint density at radius 1 is 1.18 bits per heavy atom. The van der Waals surface area contributed by atoms with Crippen molar-refractivity contribution in [3.8, 4) is 12.3 Å². The van der Waals surface area contributed by atoms with E-state index in [0.29, 0.717) is 11.3 Å². The molecular weight excluding hydrogens is 286 g/mol. The van der Waals surface area contributed by atoms with Crippen LogP contribution in [-0.4, -0.2) is 18.2 Å². The topological polar surface area (TPSA) is 32.7 Å². The zero-order valence-corrected chi connectivity index (χ0v) is 11.4. The van der Waals surface area contributed by atoms with Gasteiger partial charge in [-0.1, -0.05) is 24.1 Å². The third-order valence-corrected chi connectivity index (χ3v) is 3.29. The van der Waals surface area contributed by atoms with Crippen molar-refractivity contribution in [3.05, 3.63) is 59.7 Å². The first kappa shape index (κ1) is 14.0. The second-order valence-electron chi connectivity index (χ2n) is 4.67. The van der Waals surface area contributed by atoms with E-state index < -0.39 is 17.5 Å². The van der Waals surface area contributed by atoms with E-state index in [0.717, 1.165) is 12.1 Å². The second kappa shape index (κ2) is 5.41. The van der Waals surface area contributed by atoms with Gasteiger partial charge in [-0.3, -0.25) is 9.69 Å². The molecule has 0 radical (unpaired) electrons. The lowest BCUT2D eigenvalue weighted by atomic mass is 10.1. The first-order valence-corrected chi connectivity index (χ1v) is 6.50. The zero-order chi connectivity index (χ0) is 15.7. The number of hydrogen-bond donors (Lipinski definition) is 0. The molecule has 0 saturated carbocycles. The van der Waals surface area contributed by atoms with Crippen LogP contribution in [0.25, 0.3) is 0 Å². The van der Waals surface area contributed by atoms with Crippen molar-refractivity contribution in [2.24, 2.45) is 4.99 Å². The second-order valence-corrected chi connectivity index (χ2v) is 4.67. The molecule has 0 spiro atoms. The van der Waals surface area contributed by atoms with Crippen LogP contribution in [0.1, 0.15) is 5.56 Å². The molecule has 1 aliphatic heterocycles. The summed E-state index contributed by atoms with van der Waals surface area (Å²) >= 11 is 0. The molecule has 1 amide bonds. The maximum absolute atomic E-state index is 13.7. The summed E-state index contributed by atoms with van der Waals surface area (Å²) in [4.78, 5) is 17.9. The number of fused-ring (bicyclic) bond motifs is 1. The van der Waals surface area contributed by atoms with Crippen LogP contribution >= 0.6 is 0 Å². The van der Waals surface area contributed by atoms with Gasteiger partial charge in [0.1, 0.15) is 11.5 Å². The number of anilines is 1. The molecule has 22 heavy (non-hydrogen) atoms. The SMILES string of the molecule is C#CCN1C(=O)C(=Nc2ccc(F)cc2F)c2ccccc21. The largest absolute Gasteiger partial charge is 0.295 e. The maximum atomic E-state index is 13.7. The Balaban J connectivity index is 2.13. The number of amides is 1. The Bertz CT molecular complexity index is 837. The average Bonchev–Trinajstić information content (AvgIpc) is 2.76. The fourth-order valence-electron chi connectivity index (χ4n) is 2.31. The van der Waals surface area contributed by atoms with E-state index in [1.165, 1.54) is 11.0 Å². The van der Waals surface area contributed by atoms with Crippen LogP contribution < -0.4 is 4.90 Å². The molecule has 0 aromatic heterocycles. The van der Waals surface area contributed by atoms with Crippen LogP contribution in [0.15, 0.2) is 47.5 Å². The van der Waals surface area contributed by atoms with Crippen molar-refractivity contribution in [1.82, 2.24) is 0 Å². The smallest absolute Gasteiger partial charge is 0.278 e. The summed E-state index contributed by atoms with van der Waals surface area (Å²) < 4.78 is 26.7. The molecule has 0 atom stereocenters. The number of aliphatic imine (C=N–C) groups is 1. The molecule has 0 saturated heterocycles. The molecule has 1 heterocycles. The highest BCUT2D eigenvalue weighted by Crippen LogP contribution is 2.31. The zero-order valence-electron chi connectivity index (χ0n) is 11.4. The lowest BCUT2D eigenvalue weighted by Gasteiger charge is -2.12. The van der Waals surface area contributed by atoms with E-state index in [1.54, 1.807) is 24.3 Å². The normalized spacial score (nSPS) is 15.0. The van der Waals surface area contributed by atoms with Crippen molar-refractivity contribution in [2.45, 2.75) is 0 Å². The Hall–Kier alpha value is -3.00. The summed E-state index contributed by atoms with van der Waals surface area (Å²) in [5, 5.41) is 0. The third kappa shape index (κ3) is 2.25. The van der Waals surface area contributed by atoms with Crippen molar-refractivity contribution in [2.75, 3.05) is 11.4 Å². The molecule has 0 unspecified atom stereocenters. The summed E-state index contributed by atoms with van der Waals surface area (Å²) in [5.41, 5.74) is 1.21. The molecule has 5 heteroatoms. The molecule has 2 aromatic rings. The molecule has 108 valence electrons. The van der Waals surface area contributed by atoms with Gasteiger partial charge < -0.3 is 0 Å². The highest BCUT2D eigenvalue weighted by molar-refractivity contribution is 6.54. The number of carbonyl (C=O) groups excluding carboxylic acids is 1.